The summed E-state index contributed by atoms with van der Waals surface area (Å²) in [5.74, 6) is -0.429. The molecule has 0 fully saturated rings. The van der Waals surface area contributed by atoms with Gasteiger partial charge in [-0.25, -0.2) is 4.39 Å². The highest BCUT2D eigenvalue weighted by Crippen LogP contribution is 2.39. The van der Waals surface area contributed by atoms with E-state index in [-0.39, 0.29) is 6.04 Å². The van der Waals surface area contributed by atoms with Crippen LogP contribution in [0.2, 0.25) is 10.0 Å². The molecule has 1 nitrogen and oxygen atoms in total. The Morgan fingerprint density at radius 1 is 1.15 bits per heavy atom. The molecule has 0 spiro atoms. The van der Waals surface area contributed by atoms with Gasteiger partial charge in [-0.1, -0.05) is 45.2 Å². The van der Waals surface area contributed by atoms with Gasteiger partial charge in [-0.15, -0.1) is 0 Å². The largest absolute Gasteiger partial charge is 0.376 e. The summed E-state index contributed by atoms with van der Waals surface area (Å²) in [5.41, 5.74) is 3.14. The van der Waals surface area contributed by atoms with Crippen molar-refractivity contribution >= 4 is 44.8 Å². The second-order valence-corrected chi connectivity index (χ2v) is 6.55. The molecule has 0 amide bonds. The SMILES string of the molecule is Fc1cc(Cl)c(NC2CCc3cc(Br)ccc32)c(Cl)c1. The molecule has 1 N–H and O–H groups in total. The Morgan fingerprint density at radius 3 is 2.55 bits per heavy atom. The van der Waals surface area contributed by atoms with Gasteiger partial charge < -0.3 is 5.32 Å². The van der Waals surface area contributed by atoms with Gasteiger partial charge in [0, 0.05) is 4.47 Å². The Kier molecular flexibility index (Phi) is 3.93. The van der Waals surface area contributed by atoms with Crippen molar-refractivity contribution < 1.29 is 4.39 Å². The van der Waals surface area contributed by atoms with E-state index in [2.05, 4.69) is 33.4 Å². The van der Waals surface area contributed by atoms with Gasteiger partial charge in [0.25, 0.3) is 0 Å². The van der Waals surface area contributed by atoms with Gasteiger partial charge in [-0.3, -0.25) is 0 Å². The topological polar surface area (TPSA) is 12.0 Å². The van der Waals surface area contributed by atoms with Crippen molar-refractivity contribution in [3.63, 3.8) is 0 Å². The number of anilines is 1. The maximum atomic E-state index is 13.2. The predicted molar refractivity (Wildman–Crippen MR) is 85.2 cm³/mol. The second kappa shape index (κ2) is 5.55. The van der Waals surface area contributed by atoms with Crippen LogP contribution in [0.25, 0.3) is 0 Å². The van der Waals surface area contributed by atoms with Crippen LogP contribution in [0.1, 0.15) is 23.6 Å². The molecule has 0 aliphatic heterocycles. The summed E-state index contributed by atoms with van der Waals surface area (Å²) in [6.45, 7) is 0. The minimum atomic E-state index is -0.429. The Balaban J connectivity index is 1.91. The monoisotopic (exact) mass is 373 g/mol. The smallest absolute Gasteiger partial charge is 0.126 e. The van der Waals surface area contributed by atoms with E-state index in [1.165, 1.54) is 23.3 Å². The molecule has 1 unspecified atom stereocenters. The average Bonchev–Trinajstić information content (AvgIpc) is 2.76. The van der Waals surface area contributed by atoms with Crippen LogP contribution in [0, 0.1) is 5.82 Å². The first-order valence-corrected chi connectivity index (χ1v) is 7.79. The van der Waals surface area contributed by atoms with Crippen LogP contribution in [-0.4, -0.2) is 0 Å². The van der Waals surface area contributed by atoms with Crippen molar-refractivity contribution in [2.45, 2.75) is 18.9 Å². The lowest BCUT2D eigenvalue weighted by Gasteiger charge is -2.18. The van der Waals surface area contributed by atoms with E-state index in [1.54, 1.807) is 0 Å². The molecule has 0 heterocycles. The number of halogens is 4. The molecular formula is C15H11BrCl2FN. The summed E-state index contributed by atoms with van der Waals surface area (Å²) in [4.78, 5) is 0. The van der Waals surface area contributed by atoms with Crippen molar-refractivity contribution in [2.75, 3.05) is 5.32 Å². The minimum absolute atomic E-state index is 0.151. The summed E-state index contributed by atoms with van der Waals surface area (Å²) in [6, 6.07) is 8.94. The molecule has 3 rings (SSSR count). The lowest BCUT2D eigenvalue weighted by atomic mass is 10.1. The second-order valence-electron chi connectivity index (χ2n) is 4.82. The summed E-state index contributed by atoms with van der Waals surface area (Å²) in [5, 5.41) is 3.95. The van der Waals surface area contributed by atoms with Gasteiger partial charge in [0.2, 0.25) is 0 Å². The van der Waals surface area contributed by atoms with E-state index in [9.17, 15) is 4.39 Å². The zero-order valence-electron chi connectivity index (χ0n) is 10.4. The van der Waals surface area contributed by atoms with E-state index in [1.807, 2.05) is 6.07 Å². The van der Waals surface area contributed by atoms with Gasteiger partial charge in [0.05, 0.1) is 21.8 Å². The average molecular weight is 375 g/mol. The third-order valence-electron chi connectivity index (χ3n) is 3.51. The molecule has 5 heteroatoms. The normalized spacial score (nSPS) is 17.1. The number of hydrogen-bond acceptors (Lipinski definition) is 1. The highest BCUT2D eigenvalue weighted by molar-refractivity contribution is 9.10. The first-order chi connectivity index (χ1) is 9.54. The fourth-order valence-corrected chi connectivity index (χ4v) is 3.57. The molecule has 1 atom stereocenters. The van der Waals surface area contributed by atoms with Crippen LogP contribution in [0.5, 0.6) is 0 Å². The lowest BCUT2D eigenvalue weighted by Crippen LogP contribution is -2.08. The molecule has 0 bridgehead atoms. The fourth-order valence-electron chi connectivity index (χ4n) is 2.59. The van der Waals surface area contributed by atoms with Crippen LogP contribution in [0.3, 0.4) is 0 Å². The number of benzene rings is 2. The number of hydrogen-bond donors (Lipinski definition) is 1. The molecule has 0 saturated heterocycles. The predicted octanol–water partition coefficient (Wildman–Crippen LogP) is 5.99. The molecular weight excluding hydrogens is 364 g/mol. The number of rotatable bonds is 2. The molecule has 1 aliphatic carbocycles. The Hall–Kier alpha value is -0.770. The maximum Gasteiger partial charge on any atom is 0.126 e. The van der Waals surface area contributed by atoms with Crippen molar-refractivity contribution in [1.29, 1.82) is 0 Å². The summed E-state index contributed by atoms with van der Waals surface area (Å²) < 4.78 is 14.3. The number of nitrogens with one attached hydrogen (secondary N) is 1. The van der Waals surface area contributed by atoms with Crippen molar-refractivity contribution in [2.24, 2.45) is 0 Å². The van der Waals surface area contributed by atoms with Crippen LogP contribution in [0.15, 0.2) is 34.8 Å². The van der Waals surface area contributed by atoms with Gasteiger partial charge in [-0.05, 0) is 48.2 Å². The van der Waals surface area contributed by atoms with E-state index in [0.29, 0.717) is 15.7 Å². The molecule has 2 aromatic rings. The van der Waals surface area contributed by atoms with Gasteiger partial charge in [-0.2, -0.15) is 0 Å². The minimum Gasteiger partial charge on any atom is -0.376 e. The van der Waals surface area contributed by atoms with Gasteiger partial charge >= 0.3 is 0 Å². The molecule has 1 aliphatic rings. The highest BCUT2D eigenvalue weighted by Gasteiger charge is 2.24. The van der Waals surface area contributed by atoms with Crippen molar-refractivity contribution in [3.05, 3.63) is 61.8 Å². The first kappa shape index (κ1) is 14.2. The zero-order valence-corrected chi connectivity index (χ0v) is 13.5. The van der Waals surface area contributed by atoms with E-state index in [4.69, 9.17) is 23.2 Å². The van der Waals surface area contributed by atoms with Gasteiger partial charge in [0.15, 0.2) is 0 Å². The summed E-state index contributed by atoms with van der Waals surface area (Å²) in [7, 11) is 0. The quantitative estimate of drug-likeness (QED) is 0.680. The number of aryl methyl sites for hydroxylation is 1. The highest BCUT2D eigenvalue weighted by atomic mass is 79.9. The van der Waals surface area contributed by atoms with Crippen LogP contribution in [0.4, 0.5) is 10.1 Å². The van der Waals surface area contributed by atoms with E-state index in [0.717, 1.165) is 17.3 Å². The van der Waals surface area contributed by atoms with Crippen LogP contribution >= 0.6 is 39.1 Å². The molecule has 0 radical (unpaired) electrons. The van der Waals surface area contributed by atoms with Crippen LogP contribution in [-0.2, 0) is 6.42 Å². The molecule has 2 aromatic carbocycles. The van der Waals surface area contributed by atoms with Gasteiger partial charge in [0.1, 0.15) is 5.82 Å². The third-order valence-corrected chi connectivity index (χ3v) is 4.60. The van der Waals surface area contributed by atoms with Crippen molar-refractivity contribution in [3.8, 4) is 0 Å². The Morgan fingerprint density at radius 2 is 1.85 bits per heavy atom. The maximum absolute atomic E-state index is 13.2. The standard InChI is InChI=1S/C15H11BrCl2FN/c16-9-2-3-11-8(5-9)1-4-14(11)20-15-12(17)6-10(19)7-13(15)18/h2-3,5-7,14,20H,1,4H2. The molecule has 104 valence electrons. The Bertz CT molecular complexity index is 652. The zero-order chi connectivity index (χ0) is 14.3. The van der Waals surface area contributed by atoms with Crippen LogP contribution < -0.4 is 5.32 Å². The third kappa shape index (κ3) is 2.67. The number of fused-ring (bicyclic) bond motifs is 1. The molecule has 0 aromatic heterocycles. The molecule has 20 heavy (non-hydrogen) atoms. The van der Waals surface area contributed by atoms with Crippen molar-refractivity contribution in [1.82, 2.24) is 0 Å². The molecule has 0 saturated carbocycles. The lowest BCUT2D eigenvalue weighted by molar-refractivity contribution is 0.628. The van der Waals surface area contributed by atoms with E-state index >= 15 is 0 Å². The summed E-state index contributed by atoms with van der Waals surface area (Å²) in [6.07, 6.45) is 1.97. The summed E-state index contributed by atoms with van der Waals surface area (Å²) >= 11 is 15.6. The fraction of sp³-hybridized carbons (Fsp3) is 0.200. The Labute approximate surface area is 135 Å². The van der Waals surface area contributed by atoms with E-state index < -0.39 is 5.82 Å². The first-order valence-electron chi connectivity index (χ1n) is 6.24.